The van der Waals surface area contributed by atoms with Crippen LogP contribution in [0.4, 0.5) is 5.69 Å². The third-order valence-electron chi connectivity index (χ3n) is 5.43. The number of hydrogen-bond donors (Lipinski definition) is 1. The van der Waals surface area contributed by atoms with E-state index in [-0.39, 0.29) is 16.6 Å². The Kier molecular flexibility index (Phi) is 4.39. The predicted molar refractivity (Wildman–Crippen MR) is 90.5 cm³/mol. The van der Waals surface area contributed by atoms with Gasteiger partial charge in [0.2, 0.25) is 10.0 Å². The van der Waals surface area contributed by atoms with Crippen LogP contribution in [0.1, 0.15) is 36.8 Å². The van der Waals surface area contributed by atoms with Crippen LogP contribution in [0.3, 0.4) is 0 Å². The van der Waals surface area contributed by atoms with Crippen LogP contribution in [-0.4, -0.2) is 42.8 Å². The quantitative estimate of drug-likeness (QED) is 0.661. The fraction of sp³-hybridized carbons (Fsp3) is 0.625. The van der Waals surface area contributed by atoms with Crippen LogP contribution in [0.25, 0.3) is 0 Å². The fourth-order valence-electron chi connectivity index (χ4n) is 3.86. The zero-order chi connectivity index (χ0) is 17.6. The van der Waals surface area contributed by atoms with Gasteiger partial charge >= 0.3 is 0 Å². The first kappa shape index (κ1) is 17.3. The molecule has 2 atom stereocenters. The maximum atomic E-state index is 13.1. The Labute approximate surface area is 142 Å². The van der Waals surface area contributed by atoms with Crippen molar-refractivity contribution in [2.75, 3.05) is 7.05 Å². The molecule has 2 aliphatic rings. The van der Waals surface area contributed by atoms with Crippen molar-refractivity contribution in [1.82, 2.24) is 9.62 Å². The first-order chi connectivity index (χ1) is 11.2. The number of nitrogens with zero attached hydrogens (tertiary/aromatic N) is 2. The molecule has 1 aromatic rings. The van der Waals surface area contributed by atoms with Crippen LogP contribution in [0.5, 0.6) is 0 Å². The standard InChI is InChI=1S/C16H23N3O4S/c1-10-6-15(19(20)21)9-16(11(10)2)24(22,23)18(3)14-7-12-4-5-13(8-14)17-12/h6,9,12-14,17H,4-5,7-8H2,1-3H3. The van der Waals surface area contributed by atoms with Gasteiger partial charge in [-0.1, -0.05) is 0 Å². The SMILES string of the molecule is Cc1cc([N+](=O)[O-])cc(S(=O)(=O)N(C)C2CC3CCC(C2)N3)c1C. The topological polar surface area (TPSA) is 92.5 Å². The highest BCUT2D eigenvalue weighted by Gasteiger charge is 2.39. The van der Waals surface area contributed by atoms with E-state index in [1.54, 1.807) is 20.9 Å². The number of nitro benzene ring substituents is 1. The van der Waals surface area contributed by atoms with Crippen LogP contribution < -0.4 is 5.32 Å². The Morgan fingerprint density at radius 2 is 1.79 bits per heavy atom. The molecular formula is C16H23N3O4S. The van der Waals surface area contributed by atoms with E-state index in [2.05, 4.69) is 5.32 Å². The first-order valence-electron chi connectivity index (χ1n) is 8.20. The van der Waals surface area contributed by atoms with Gasteiger partial charge in [0.05, 0.1) is 9.82 Å². The molecule has 2 heterocycles. The van der Waals surface area contributed by atoms with E-state index in [0.717, 1.165) is 25.7 Å². The Morgan fingerprint density at radius 3 is 2.33 bits per heavy atom. The highest BCUT2D eigenvalue weighted by Crippen LogP contribution is 2.33. The van der Waals surface area contributed by atoms with Crippen molar-refractivity contribution in [3.63, 3.8) is 0 Å². The second-order valence-corrected chi connectivity index (χ2v) is 8.89. The zero-order valence-corrected chi connectivity index (χ0v) is 15.0. The smallest absolute Gasteiger partial charge is 0.271 e. The summed E-state index contributed by atoms with van der Waals surface area (Å²) >= 11 is 0. The summed E-state index contributed by atoms with van der Waals surface area (Å²) in [5.41, 5.74) is 1.00. The Morgan fingerprint density at radius 1 is 1.21 bits per heavy atom. The molecule has 1 aromatic carbocycles. The molecular weight excluding hydrogens is 330 g/mol. The Balaban J connectivity index is 1.96. The fourth-order valence-corrected chi connectivity index (χ4v) is 5.55. The number of rotatable bonds is 4. The van der Waals surface area contributed by atoms with Crippen molar-refractivity contribution in [2.24, 2.45) is 0 Å². The van der Waals surface area contributed by atoms with E-state index in [1.165, 1.54) is 16.4 Å². The molecule has 0 spiro atoms. The number of aryl methyl sites for hydroxylation is 1. The molecule has 8 heteroatoms. The number of hydrogen-bond acceptors (Lipinski definition) is 5. The van der Waals surface area contributed by atoms with Gasteiger partial charge in [0.15, 0.2) is 0 Å². The number of nitro groups is 1. The molecule has 24 heavy (non-hydrogen) atoms. The van der Waals surface area contributed by atoms with Gasteiger partial charge in [0.25, 0.3) is 5.69 Å². The molecule has 0 radical (unpaired) electrons. The number of non-ortho nitro benzene ring substituents is 1. The molecule has 2 saturated heterocycles. The molecule has 7 nitrogen and oxygen atoms in total. The number of nitrogens with one attached hydrogen (secondary N) is 1. The van der Waals surface area contributed by atoms with Crippen molar-refractivity contribution >= 4 is 15.7 Å². The normalized spacial score (nSPS) is 26.8. The van der Waals surface area contributed by atoms with E-state index in [9.17, 15) is 18.5 Å². The van der Waals surface area contributed by atoms with E-state index in [0.29, 0.717) is 23.2 Å². The number of fused-ring (bicyclic) bond motifs is 2. The van der Waals surface area contributed by atoms with Gasteiger partial charge in [0.1, 0.15) is 0 Å². The summed E-state index contributed by atoms with van der Waals surface area (Å²) < 4.78 is 27.6. The minimum absolute atomic E-state index is 0.0441. The van der Waals surface area contributed by atoms with Gasteiger partial charge < -0.3 is 5.32 Å². The van der Waals surface area contributed by atoms with Crippen LogP contribution >= 0.6 is 0 Å². The molecule has 132 valence electrons. The van der Waals surface area contributed by atoms with Gasteiger partial charge in [-0.05, 0) is 50.7 Å². The van der Waals surface area contributed by atoms with Gasteiger partial charge in [-0.15, -0.1) is 0 Å². The number of sulfonamides is 1. The van der Waals surface area contributed by atoms with Gasteiger partial charge in [0, 0.05) is 37.3 Å². The summed E-state index contributed by atoms with van der Waals surface area (Å²) in [7, 11) is -2.17. The van der Waals surface area contributed by atoms with Gasteiger partial charge in [-0.25, -0.2) is 8.42 Å². The van der Waals surface area contributed by atoms with E-state index in [4.69, 9.17) is 0 Å². The maximum absolute atomic E-state index is 13.1. The molecule has 2 unspecified atom stereocenters. The minimum atomic E-state index is -3.77. The predicted octanol–water partition coefficient (Wildman–Crippen LogP) is 2.12. The van der Waals surface area contributed by atoms with Gasteiger partial charge in [-0.2, -0.15) is 4.31 Å². The first-order valence-corrected chi connectivity index (χ1v) is 9.64. The summed E-state index contributed by atoms with van der Waals surface area (Å²) in [5, 5.41) is 14.6. The van der Waals surface area contributed by atoms with E-state index < -0.39 is 14.9 Å². The summed E-state index contributed by atoms with van der Waals surface area (Å²) in [5.74, 6) is 0. The summed E-state index contributed by atoms with van der Waals surface area (Å²) in [4.78, 5) is 10.6. The van der Waals surface area contributed by atoms with Gasteiger partial charge in [-0.3, -0.25) is 10.1 Å². The van der Waals surface area contributed by atoms with Crippen LogP contribution in [0.15, 0.2) is 17.0 Å². The molecule has 1 N–H and O–H groups in total. The zero-order valence-electron chi connectivity index (χ0n) is 14.2. The summed E-state index contributed by atoms with van der Waals surface area (Å²) in [6.07, 6.45) is 3.76. The maximum Gasteiger partial charge on any atom is 0.271 e. The molecule has 0 saturated carbocycles. The second kappa shape index (κ2) is 6.09. The lowest BCUT2D eigenvalue weighted by Gasteiger charge is -2.35. The highest BCUT2D eigenvalue weighted by molar-refractivity contribution is 7.89. The molecule has 0 aliphatic carbocycles. The Hall–Kier alpha value is -1.51. The lowest BCUT2D eigenvalue weighted by atomic mass is 10.0. The largest absolute Gasteiger partial charge is 0.311 e. The third-order valence-corrected chi connectivity index (χ3v) is 7.47. The molecule has 0 aromatic heterocycles. The second-order valence-electron chi connectivity index (χ2n) is 6.93. The highest BCUT2D eigenvalue weighted by atomic mass is 32.2. The summed E-state index contributed by atoms with van der Waals surface area (Å²) in [6, 6.07) is 3.29. The van der Waals surface area contributed by atoms with Crippen LogP contribution in [-0.2, 0) is 10.0 Å². The molecule has 3 rings (SSSR count). The molecule has 0 amide bonds. The van der Waals surface area contributed by atoms with Crippen molar-refractivity contribution in [2.45, 2.75) is 62.6 Å². The molecule has 2 aliphatic heterocycles. The van der Waals surface area contributed by atoms with Crippen LogP contribution in [0, 0.1) is 24.0 Å². The van der Waals surface area contributed by atoms with Crippen molar-refractivity contribution in [3.8, 4) is 0 Å². The number of benzene rings is 1. The van der Waals surface area contributed by atoms with Crippen molar-refractivity contribution < 1.29 is 13.3 Å². The third kappa shape index (κ3) is 2.94. The van der Waals surface area contributed by atoms with E-state index in [1.807, 2.05) is 0 Å². The number of piperidine rings is 1. The average Bonchev–Trinajstić information content (AvgIpc) is 2.86. The molecule has 2 bridgehead atoms. The lowest BCUT2D eigenvalue weighted by Crippen LogP contribution is -2.48. The molecule has 2 fully saturated rings. The van der Waals surface area contributed by atoms with E-state index >= 15 is 0 Å². The summed E-state index contributed by atoms with van der Waals surface area (Å²) in [6.45, 7) is 3.40. The monoisotopic (exact) mass is 353 g/mol. The van der Waals surface area contributed by atoms with Crippen LogP contribution in [0.2, 0.25) is 0 Å². The lowest BCUT2D eigenvalue weighted by molar-refractivity contribution is -0.385. The van der Waals surface area contributed by atoms with Crippen molar-refractivity contribution in [1.29, 1.82) is 0 Å². The minimum Gasteiger partial charge on any atom is -0.311 e. The van der Waals surface area contributed by atoms with Crippen molar-refractivity contribution in [3.05, 3.63) is 33.4 Å². The Bertz CT molecular complexity index is 766. The average molecular weight is 353 g/mol.